The van der Waals surface area contributed by atoms with Crippen molar-refractivity contribution in [2.45, 2.75) is 52.0 Å². The van der Waals surface area contributed by atoms with Gasteiger partial charge in [-0.1, -0.05) is 13.8 Å². The normalized spacial score (nSPS) is 14.5. The van der Waals surface area contributed by atoms with Crippen LogP contribution in [0.5, 0.6) is 0 Å². The van der Waals surface area contributed by atoms with Crippen molar-refractivity contribution >= 4 is 11.8 Å². The molecule has 0 saturated heterocycles. The molecule has 1 N–H and O–H groups in total. The van der Waals surface area contributed by atoms with Crippen molar-refractivity contribution in [1.29, 1.82) is 5.26 Å². The van der Waals surface area contributed by atoms with Crippen LogP contribution < -0.4 is 5.32 Å². The molecule has 1 atom stereocenters. The fourth-order valence-electron chi connectivity index (χ4n) is 1.41. The highest BCUT2D eigenvalue weighted by molar-refractivity contribution is 7.99. The van der Waals surface area contributed by atoms with Crippen LogP contribution in [0.1, 0.15) is 46.5 Å². The number of rotatable bonds is 9. The zero-order chi connectivity index (χ0) is 11.6. The number of hydrogen-bond acceptors (Lipinski definition) is 3. The summed E-state index contributed by atoms with van der Waals surface area (Å²) in [5.41, 5.74) is -0.313. The average Bonchev–Trinajstić information content (AvgIpc) is 2.26. The summed E-state index contributed by atoms with van der Waals surface area (Å²) in [7, 11) is 0. The van der Waals surface area contributed by atoms with E-state index in [0.717, 1.165) is 25.8 Å². The van der Waals surface area contributed by atoms with Crippen LogP contribution in [0.4, 0.5) is 0 Å². The van der Waals surface area contributed by atoms with Crippen molar-refractivity contribution in [2.24, 2.45) is 0 Å². The zero-order valence-electron chi connectivity index (χ0n) is 10.3. The maximum absolute atomic E-state index is 9.10. The van der Waals surface area contributed by atoms with E-state index in [2.05, 4.69) is 25.2 Å². The van der Waals surface area contributed by atoms with Crippen molar-refractivity contribution in [2.75, 3.05) is 18.1 Å². The molecular weight excluding hydrogens is 204 g/mol. The monoisotopic (exact) mass is 228 g/mol. The molecule has 0 aromatic heterocycles. The summed E-state index contributed by atoms with van der Waals surface area (Å²) in [6.45, 7) is 7.26. The first-order valence-electron chi connectivity index (χ1n) is 5.92. The molecule has 0 saturated carbocycles. The Morgan fingerprint density at radius 1 is 1.33 bits per heavy atom. The molecule has 0 aliphatic heterocycles. The largest absolute Gasteiger partial charge is 0.300 e. The van der Waals surface area contributed by atoms with Gasteiger partial charge in [0.2, 0.25) is 0 Å². The van der Waals surface area contributed by atoms with Crippen LogP contribution in [-0.2, 0) is 0 Å². The number of nitrogens with one attached hydrogen (secondary N) is 1. The van der Waals surface area contributed by atoms with Crippen LogP contribution in [0.15, 0.2) is 0 Å². The minimum atomic E-state index is -0.313. The number of hydrogen-bond donors (Lipinski definition) is 1. The summed E-state index contributed by atoms with van der Waals surface area (Å²) in [6.07, 6.45) is 4.42. The minimum Gasteiger partial charge on any atom is -0.300 e. The smallest absolute Gasteiger partial charge is 0.103 e. The standard InChI is InChI=1S/C12H24N2S/c1-4-9-14-12(3,11-13)8-6-7-10-15-5-2/h14H,4-10H2,1-3H3. The molecule has 88 valence electrons. The Bertz CT molecular complexity index is 189. The second-order valence-electron chi connectivity index (χ2n) is 4.02. The van der Waals surface area contributed by atoms with Gasteiger partial charge < -0.3 is 0 Å². The molecule has 0 rings (SSSR count). The lowest BCUT2D eigenvalue weighted by Crippen LogP contribution is -2.41. The molecule has 2 nitrogen and oxygen atoms in total. The maximum atomic E-state index is 9.10. The van der Waals surface area contributed by atoms with Gasteiger partial charge in [0.05, 0.1) is 6.07 Å². The number of nitriles is 1. The Morgan fingerprint density at radius 3 is 2.60 bits per heavy atom. The Kier molecular flexibility index (Phi) is 8.94. The first-order valence-corrected chi connectivity index (χ1v) is 7.08. The summed E-state index contributed by atoms with van der Waals surface area (Å²) in [6, 6.07) is 2.39. The van der Waals surface area contributed by atoms with Crippen LogP contribution in [0.2, 0.25) is 0 Å². The summed E-state index contributed by atoms with van der Waals surface area (Å²) in [4.78, 5) is 0. The van der Waals surface area contributed by atoms with Gasteiger partial charge in [0.1, 0.15) is 5.54 Å². The molecule has 0 fully saturated rings. The molecule has 0 aliphatic rings. The lowest BCUT2D eigenvalue weighted by molar-refractivity contribution is 0.406. The number of unbranched alkanes of at least 4 members (excludes halogenated alkanes) is 1. The third-order valence-electron chi connectivity index (χ3n) is 2.43. The molecule has 0 bridgehead atoms. The third kappa shape index (κ3) is 7.70. The van der Waals surface area contributed by atoms with Gasteiger partial charge in [-0.2, -0.15) is 17.0 Å². The van der Waals surface area contributed by atoms with Crippen LogP contribution in [0.25, 0.3) is 0 Å². The van der Waals surface area contributed by atoms with Gasteiger partial charge in [-0.3, -0.25) is 5.32 Å². The molecule has 15 heavy (non-hydrogen) atoms. The lowest BCUT2D eigenvalue weighted by atomic mass is 9.96. The third-order valence-corrected chi connectivity index (χ3v) is 3.42. The van der Waals surface area contributed by atoms with Crippen LogP contribution >= 0.6 is 11.8 Å². The highest BCUT2D eigenvalue weighted by Crippen LogP contribution is 2.14. The molecule has 0 aromatic carbocycles. The SMILES string of the molecule is CCCNC(C)(C#N)CCCCSCC. The van der Waals surface area contributed by atoms with Gasteiger partial charge in [-0.25, -0.2) is 0 Å². The predicted molar refractivity (Wildman–Crippen MR) is 69.2 cm³/mol. The average molecular weight is 228 g/mol. The summed E-state index contributed by atoms with van der Waals surface area (Å²) in [5, 5.41) is 12.4. The molecule has 3 heteroatoms. The first-order chi connectivity index (χ1) is 7.18. The van der Waals surface area contributed by atoms with Crippen LogP contribution in [0.3, 0.4) is 0 Å². The van der Waals surface area contributed by atoms with E-state index in [9.17, 15) is 0 Å². The second-order valence-corrected chi connectivity index (χ2v) is 5.42. The van der Waals surface area contributed by atoms with Gasteiger partial charge in [0.15, 0.2) is 0 Å². The van der Waals surface area contributed by atoms with E-state index in [1.54, 1.807) is 0 Å². The predicted octanol–water partition coefficient (Wildman–Crippen LogP) is 3.19. The molecule has 0 radical (unpaired) electrons. The van der Waals surface area contributed by atoms with E-state index in [1.807, 2.05) is 18.7 Å². The highest BCUT2D eigenvalue weighted by atomic mass is 32.2. The van der Waals surface area contributed by atoms with Crippen LogP contribution in [0, 0.1) is 11.3 Å². The molecule has 0 heterocycles. The maximum Gasteiger partial charge on any atom is 0.103 e. The van der Waals surface area contributed by atoms with Gasteiger partial charge in [-0.05, 0) is 50.7 Å². The van der Waals surface area contributed by atoms with E-state index in [-0.39, 0.29) is 5.54 Å². The summed E-state index contributed by atoms with van der Waals surface area (Å²) < 4.78 is 0. The Morgan fingerprint density at radius 2 is 2.07 bits per heavy atom. The molecule has 0 amide bonds. The molecule has 0 aliphatic carbocycles. The van der Waals surface area contributed by atoms with E-state index in [4.69, 9.17) is 5.26 Å². The van der Waals surface area contributed by atoms with Gasteiger partial charge in [0, 0.05) is 0 Å². The van der Waals surface area contributed by atoms with Crippen molar-refractivity contribution in [3.05, 3.63) is 0 Å². The molecule has 0 spiro atoms. The van der Waals surface area contributed by atoms with Crippen LogP contribution in [-0.4, -0.2) is 23.6 Å². The first kappa shape index (κ1) is 14.8. The van der Waals surface area contributed by atoms with Gasteiger partial charge in [-0.15, -0.1) is 0 Å². The van der Waals surface area contributed by atoms with Crippen molar-refractivity contribution in [1.82, 2.24) is 5.32 Å². The molecule has 1 unspecified atom stereocenters. The molecule has 0 aromatic rings. The van der Waals surface area contributed by atoms with E-state index < -0.39 is 0 Å². The van der Waals surface area contributed by atoms with Gasteiger partial charge in [0.25, 0.3) is 0 Å². The van der Waals surface area contributed by atoms with E-state index in [1.165, 1.54) is 17.9 Å². The zero-order valence-corrected chi connectivity index (χ0v) is 11.1. The van der Waals surface area contributed by atoms with Crippen molar-refractivity contribution in [3.63, 3.8) is 0 Å². The lowest BCUT2D eigenvalue weighted by Gasteiger charge is -2.22. The number of nitrogens with zero attached hydrogens (tertiary/aromatic N) is 1. The van der Waals surface area contributed by atoms with E-state index in [0.29, 0.717) is 0 Å². The Balaban J connectivity index is 3.64. The quantitative estimate of drug-likeness (QED) is 0.616. The van der Waals surface area contributed by atoms with Crippen molar-refractivity contribution in [3.8, 4) is 6.07 Å². The number of thioether (sulfide) groups is 1. The van der Waals surface area contributed by atoms with Crippen molar-refractivity contribution < 1.29 is 0 Å². The Labute approximate surface area is 98.8 Å². The fourth-order valence-corrected chi connectivity index (χ4v) is 2.11. The fraction of sp³-hybridized carbons (Fsp3) is 0.917. The van der Waals surface area contributed by atoms with Gasteiger partial charge >= 0.3 is 0 Å². The molecular formula is C12H24N2S. The van der Waals surface area contributed by atoms with E-state index >= 15 is 0 Å². The highest BCUT2D eigenvalue weighted by Gasteiger charge is 2.21. The summed E-state index contributed by atoms with van der Waals surface area (Å²) >= 11 is 1.98. The Hall–Kier alpha value is -0.200. The summed E-state index contributed by atoms with van der Waals surface area (Å²) in [5.74, 6) is 2.43. The second kappa shape index (κ2) is 9.06. The topological polar surface area (TPSA) is 35.8 Å². The minimum absolute atomic E-state index is 0.313.